The van der Waals surface area contributed by atoms with Crippen LogP contribution in [-0.2, 0) is 0 Å². The molecule has 0 bridgehead atoms. The van der Waals surface area contributed by atoms with Gasteiger partial charge in [-0.15, -0.1) is 0 Å². The van der Waals surface area contributed by atoms with Gasteiger partial charge in [0.15, 0.2) is 0 Å². The molecule has 1 saturated carbocycles. The van der Waals surface area contributed by atoms with Gasteiger partial charge < -0.3 is 10.2 Å². The van der Waals surface area contributed by atoms with Crippen LogP contribution in [0.4, 0.5) is 0 Å². The van der Waals surface area contributed by atoms with Gasteiger partial charge in [0.2, 0.25) is 0 Å². The Morgan fingerprint density at radius 3 is 2.67 bits per heavy atom. The minimum Gasteiger partial charge on any atom is -0.396 e. The summed E-state index contributed by atoms with van der Waals surface area (Å²) < 4.78 is 0. The van der Waals surface area contributed by atoms with E-state index in [-0.39, 0.29) is 18.1 Å². The first-order chi connectivity index (χ1) is 13.0. The van der Waals surface area contributed by atoms with Crippen LogP contribution in [0, 0.1) is 17.3 Å². The van der Waals surface area contributed by atoms with Gasteiger partial charge in [-0.25, -0.2) is 0 Å². The molecule has 3 heteroatoms. The summed E-state index contributed by atoms with van der Waals surface area (Å²) in [4.78, 5) is 2.38. The second-order valence-electron chi connectivity index (χ2n) is 8.68. The van der Waals surface area contributed by atoms with Crippen molar-refractivity contribution in [1.82, 2.24) is 0 Å². The van der Waals surface area contributed by atoms with Gasteiger partial charge in [0.05, 0.1) is 6.10 Å². The highest BCUT2D eigenvalue weighted by atomic mass is 32.2. The molecule has 2 aliphatic rings. The molecule has 0 saturated heterocycles. The Morgan fingerprint density at radius 2 is 2.00 bits per heavy atom. The Morgan fingerprint density at radius 1 is 1.26 bits per heavy atom. The fraction of sp³-hybridized carbons (Fsp3) is 0.583. The van der Waals surface area contributed by atoms with Crippen LogP contribution in [-0.4, -0.2) is 22.9 Å². The first-order valence-corrected chi connectivity index (χ1v) is 11.2. The molecule has 0 heterocycles. The molecule has 1 aromatic rings. The molecule has 1 fully saturated rings. The van der Waals surface area contributed by atoms with E-state index in [1.54, 1.807) is 11.8 Å². The number of hydrogen-bond donors (Lipinski definition) is 2. The highest BCUT2D eigenvalue weighted by Crippen LogP contribution is 2.59. The number of aliphatic hydroxyl groups excluding tert-OH is 2. The largest absolute Gasteiger partial charge is 0.396 e. The molecule has 27 heavy (non-hydrogen) atoms. The average molecular weight is 387 g/mol. The van der Waals surface area contributed by atoms with Crippen LogP contribution in [0.25, 0.3) is 0 Å². The van der Waals surface area contributed by atoms with E-state index in [1.165, 1.54) is 20.9 Å². The lowest BCUT2D eigenvalue weighted by atomic mass is 9.65. The lowest BCUT2D eigenvalue weighted by molar-refractivity contribution is 0.0822. The summed E-state index contributed by atoms with van der Waals surface area (Å²) in [5, 5.41) is 20.9. The quantitative estimate of drug-likeness (QED) is 0.568. The van der Waals surface area contributed by atoms with E-state index in [9.17, 15) is 10.2 Å². The molecule has 0 unspecified atom stereocenters. The Kier molecular flexibility index (Phi) is 6.88. The molecule has 0 spiro atoms. The SMILES string of the molecule is CC(C)=CCC[C@@H](CO)[C@H]1CCC2=C(Sc3ccccc3)[C@@H](O)CC[C@@]21C. The number of allylic oxidation sites excluding steroid dienone is 3. The molecule has 0 aromatic heterocycles. The number of benzene rings is 1. The number of fused-ring (bicyclic) bond motifs is 1. The van der Waals surface area contributed by atoms with Crippen molar-refractivity contribution < 1.29 is 10.2 Å². The highest BCUT2D eigenvalue weighted by Gasteiger charge is 2.49. The lowest BCUT2D eigenvalue weighted by Crippen LogP contribution is -2.36. The van der Waals surface area contributed by atoms with Crippen molar-refractivity contribution in [3.8, 4) is 0 Å². The number of aliphatic hydroxyl groups is 2. The van der Waals surface area contributed by atoms with Gasteiger partial charge in [0, 0.05) is 16.4 Å². The van der Waals surface area contributed by atoms with Gasteiger partial charge in [-0.2, -0.15) is 0 Å². The van der Waals surface area contributed by atoms with E-state index in [0.717, 1.165) is 38.5 Å². The Hall–Kier alpha value is -1.03. The summed E-state index contributed by atoms with van der Waals surface area (Å²) in [6, 6.07) is 10.4. The van der Waals surface area contributed by atoms with E-state index in [4.69, 9.17) is 0 Å². The predicted molar refractivity (Wildman–Crippen MR) is 115 cm³/mol. The minimum absolute atomic E-state index is 0.120. The summed E-state index contributed by atoms with van der Waals surface area (Å²) in [5.74, 6) is 0.864. The van der Waals surface area contributed by atoms with E-state index in [0.29, 0.717) is 11.8 Å². The van der Waals surface area contributed by atoms with Crippen molar-refractivity contribution >= 4 is 11.8 Å². The number of rotatable bonds is 7. The van der Waals surface area contributed by atoms with Gasteiger partial charge in [-0.1, -0.05) is 54.1 Å². The third-order valence-corrected chi connectivity index (χ3v) is 7.86. The topological polar surface area (TPSA) is 40.5 Å². The molecule has 148 valence electrons. The van der Waals surface area contributed by atoms with Crippen molar-refractivity contribution in [2.24, 2.45) is 17.3 Å². The van der Waals surface area contributed by atoms with Crippen LogP contribution >= 0.6 is 11.8 Å². The summed E-state index contributed by atoms with van der Waals surface area (Å²) in [6.45, 7) is 6.94. The van der Waals surface area contributed by atoms with E-state index in [2.05, 4.69) is 51.1 Å². The fourth-order valence-electron chi connectivity index (χ4n) is 5.14. The molecule has 2 N–H and O–H groups in total. The fourth-order valence-corrected chi connectivity index (χ4v) is 6.40. The van der Waals surface area contributed by atoms with Crippen LogP contribution in [0.2, 0.25) is 0 Å². The molecule has 0 radical (unpaired) electrons. The molecule has 0 aliphatic heterocycles. The summed E-state index contributed by atoms with van der Waals surface area (Å²) >= 11 is 1.75. The standard InChI is InChI=1S/C24H34O2S/c1-17(2)8-7-9-18(16-25)20-12-13-21-23(22(26)14-15-24(20,21)3)27-19-10-5-4-6-11-19/h4-6,8,10-11,18,20,22,25-26H,7,9,12-16H2,1-3H3/t18-,20+,22-,24+/m0/s1. The maximum atomic E-state index is 10.7. The average Bonchev–Trinajstić information content (AvgIpc) is 3.00. The molecule has 2 nitrogen and oxygen atoms in total. The molecule has 1 aromatic carbocycles. The van der Waals surface area contributed by atoms with Crippen LogP contribution in [0.5, 0.6) is 0 Å². The maximum absolute atomic E-state index is 10.7. The summed E-state index contributed by atoms with van der Waals surface area (Å²) in [5.41, 5.74) is 2.93. The third-order valence-electron chi connectivity index (χ3n) is 6.61. The first-order valence-electron chi connectivity index (χ1n) is 10.3. The van der Waals surface area contributed by atoms with Gasteiger partial charge in [0.1, 0.15) is 0 Å². The Labute approximate surface area is 168 Å². The van der Waals surface area contributed by atoms with Gasteiger partial charge in [-0.3, -0.25) is 0 Å². The smallest absolute Gasteiger partial charge is 0.0851 e. The summed E-state index contributed by atoms with van der Waals surface area (Å²) in [6.07, 6.45) is 8.12. The second kappa shape index (κ2) is 8.98. The second-order valence-corrected chi connectivity index (χ2v) is 9.79. The number of thioether (sulfide) groups is 1. The Bertz CT molecular complexity index is 690. The summed E-state index contributed by atoms with van der Waals surface area (Å²) in [7, 11) is 0. The van der Waals surface area contributed by atoms with Crippen molar-refractivity contribution in [2.45, 2.75) is 70.3 Å². The van der Waals surface area contributed by atoms with Gasteiger partial charge in [-0.05, 0) is 81.8 Å². The van der Waals surface area contributed by atoms with E-state index < -0.39 is 0 Å². The van der Waals surface area contributed by atoms with Crippen LogP contribution in [0.3, 0.4) is 0 Å². The minimum atomic E-state index is -0.338. The monoisotopic (exact) mass is 386 g/mol. The molecule has 0 amide bonds. The zero-order valence-corrected chi connectivity index (χ0v) is 17.8. The van der Waals surface area contributed by atoms with E-state index >= 15 is 0 Å². The third kappa shape index (κ3) is 4.52. The highest BCUT2D eigenvalue weighted by molar-refractivity contribution is 8.03. The maximum Gasteiger partial charge on any atom is 0.0851 e. The lowest BCUT2D eigenvalue weighted by Gasteiger charge is -2.42. The zero-order valence-electron chi connectivity index (χ0n) is 16.9. The van der Waals surface area contributed by atoms with Crippen LogP contribution < -0.4 is 0 Å². The van der Waals surface area contributed by atoms with Crippen LogP contribution in [0.1, 0.15) is 59.3 Å². The molecular weight excluding hydrogens is 352 g/mol. The van der Waals surface area contributed by atoms with Gasteiger partial charge in [0.25, 0.3) is 0 Å². The van der Waals surface area contributed by atoms with Crippen molar-refractivity contribution in [3.05, 3.63) is 52.5 Å². The van der Waals surface area contributed by atoms with E-state index in [1.807, 2.05) is 6.07 Å². The van der Waals surface area contributed by atoms with Crippen molar-refractivity contribution in [3.63, 3.8) is 0 Å². The molecular formula is C24H34O2S. The predicted octanol–water partition coefficient (Wildman–Crippen LogP) is 5.96. The number of hydrogen-bond acceptors (Lipinski definition) is 3. The molecule has 2 aliphatic carbocycles. The van der Waals surface area contributed by atoms with Gasteiger partial charge >= 0.3 is 0 Å². The van der Waals surface area contributed by atoms with Crippen LogP contribution in [0.15, 0.2) is 57.4 Å². The molecule has 3 rings (SSSR count). The van der Waals surface area contributed by atoms with Crippen molar-refractivity contribution in [2.75, 3.05) is 6.61 Å². The zero-order chi connectivity index (χ0) is 19.4. The first kappa shape index (κ1) is 20.7. The molecule has 4 atom stereocenters. The normalized spacial score (nSPS) is 28.8. The Balaban J connectivity index is 1.84. The van der Waals surface area contributed by atoms with Crippen molar-refractivity contribution in [1.29, 1.82) is 0 Å².